The summed E-state index contributed by atoms with van der Waals surface area (Å²) in [4.78, 5) is 4.24. The van der Waals surface area contributed by atoms with Crippen LogP contribution < -0.4 is 9.46 Å². The van der Waals surface area contributed by atoms with E-state index in [0.717, 1.165) is 11.4 Å². The molecule has 0 fully saturated rings. The molecule has 2 heterocycles. The van der Waals surface area contributed by atoms with Crippen LogP contribution in [0.25, 0.3) is 5.82 Å². The molecule has 0 amide bonds. The molecule has 27 heavy (non-hydrogen) atoms. The van der Waals surface area contributed by atoms with Gasteiger partial charge in [0.15, 0.2) is 5.82 Å². The Morgan fingerprint density at radius 3 is 2.37 bits per heavy atom. The van der Waals surface area contributed by atoms with E-state index in [2.05, 4.69) is 19.9 Å². The van der Waals surface area contributed by atoms with Gasteiger partial charge in [-0.05, 0) is 50.6 Å². The molecule has 8 nitrogen and oxygen atoms in total. The number of aryl methyl sites for hydroxylation is 1. The van der Waals surface area contributed by atoms with Crippen molar-refractivity contribution >= 4 is 15.7 Å². The summed E-state index contributed by atoms with van der Waals surface area (Å²) in [5, 5.41) is 8.24. The van der Waals surface area contributed by atoms with Crippen LogP contribution in [0.5, 0.6) is 11.6 Å². The molecular formula is C18H21N5O3S. The van der Waals surface area contributed by atoms with E-state index in [-0.39, 0.29) is 5.75 Å². The summed E-state index contributed by atoms with van der Waals surface area (Å²) >= 11 is 0. The average molecular weight is 387 g/mol. The van der Waals surface area contributed by atoms with Crippen LogP contribution in [0, 0.1) is 13.8 Å². The molecule has 3 aromatic rings. The van der Waals surface area contributed by atoms with E-state index >= 15 is 0 Å². The number of rotatable bonds is 7. The highest BCUT2D eigenvalue weighted by Gasteiger charge is 2.09. The van der Waals surface area contributed by atoms with Crippen molar-refractivity contribution in [2.75, 3.05) is 10.5 Å². The molecule has 0 spiro atoms. The number of aromatic nitrogens is 4. The lowest BCUT2D eigenvalue weighted by Gasteiger charge is -2.09. The minimum absolute atomic E-state index is 0.0864. The molecule has 142 valence electrons. The molecule has 0 atom stereocenters. The highest BCUT2D eigenvalue weighted by atomic mass is 32.2. The van der Waals surface area contributed by atoms with Crippen molar-refractivity contribution in [3.63, 3.8) is 0 Å². The van der Waals surface area contributed by atoms with Crippen LogP contribution in [-0.4, -0.2) is 33.9 Å². The third-order valence-corrected chi connectivity index (χ3v) is 5.44. The van der Waals surface area contributed by atoms with E-state index in [1.165, 1.54) is 0 Å². The number of sulfonamides is 1. The van der Waals surface area contributed by atoms with Gasteiger partial charge >= 0.3 is 0 Å². The van der Waals surface area contributed by atoms with E-state index in [1.54, 1.807) is 42.7 Å². The van der Waals surface area contributed by atoms with Gasteiger partial charge in [-0.25, -0.2) is 13.4 Å². The molecule has 0 saturated carbocycles. The monoisotopic (exact) mass is 387 g/mol. The smallest absolute Gasteiger partial charge is 0.238 e. The summed E-state index contributed by atoms with van der Waals surface area (Å²) in [6.07, 6.45) is 2.26. The Balaban J connectivity index is 1.68. The Labute approximate surface area is 158 Å². The highest BCUT2D eigenvalue weighted by molar-refractivity contribution is 7.92. The molecule has 1 aromatic carbocycles. The van der Waals surface area contributed by atoms with Crippen molar-refractivity contribution in [1.82, 2.24) is 19.7 Å². The number of hydrogen-bond acceptors (Lipinski definition) is 6. The van der Waals surface area contributed by atoms with Gasteiger partial charge in [-0.3, -0.25) is 9.29 Å². The van der Waals surface area contributed by atoms with Crippen LogP contribution in [0.1, 0.15) is 24.7 Å². The number of nitrogens with zero attached hydrogens (tertiary/aromatic N) is 4. The molecule has 2 aromatic heterocycles. The minimum Gasteiger partial charge on any atom is -0.438 e. The van der Waals surface area contributed by atoms with Crippen molar-refractivity contribution in [3.05, 3.63) is 54.1 Å². The van der Waals surface area contributed by atoms with Gasteiger partial charge in [-0.2, -0.15) is 0 Å². The van der Waals surface area contributed by atoms with Crippen molar-refractivity contribution in [2.24, 2.45) is 0 Å². The molecule has 0 aliphatic rings. The second-order valence-electron chi connectivity index (χ2n) is 6.06. The van der Waals surface area contributed by atoms with Crippen molar-refractivity contribution in [2.45, 2.75) is 27.2 Å². The van der Waals surface area contributed by atoms with Crippen LogP contribution in [0.3, 0.4) is 0 Å². The standard InChI is InChI=1S/C18H21N5O3S/c1-4-11-27(24,25)22-15-5-7-16(8-6-15)26-18-10-9-17(20-21-18)23-12-19-13(2)14(23)3/h5-10,12,22H,4,11H2,1-3H3. The molecule has 3 rings (SSSR count). The van der Waals surface area contributed by atoms with E-state index in [0.29, 0.717) is 29.6 Å². The summed E-state index contributed by atoms with van der Waals surface area (Å²) in [6.45, 7) is 5.71. The fraction of sp³-hybridized carbons (Fsp3) is 0.278. The summed E-state index contributed by atoms with van der Waals surface area (Å²) in [7, 11) is -3.31. The number of ether oxygens (including phenoxy) is 1. The second kappa shape index (κ2) is 7.75. The Bertz CT molecular complexity index is 1010. The Hall–Kier alpha value is -2.94. The predicted octanol–water partition coefficient (Wildman–Crippen LogP) is 3.22. The van der Waals surface area contributed by atoms with Crippen LogP contribution >= 0.6 is 0 Å². The van der Waals surface area contributed by atoms with Crippen LogP contribution in [0.15, 0.2) is 42.7 Å². The Kier molecular flexibility index (Phi) is 5.41. The number of benzene rings is 1. The lowest BCUT2D eigenvalue weighted by atomic mass is 10.3. The third kappa shape index (κ3) is 4.62. The molecule has 0 aliphatic carbocycles. The van der Waals surface area contributed by atoms with Gasteiger partial charge in [0, 0.05) is 17.4 Å². The highest BCUT2D eigenvalue weighted by Crippen LogP contribution is 2.22. The van der Waals surface area contributed by atoms with Crippen molar-refractivity contribution < 1.29 is 13.2 Å². The quantitative estimate of drug-likeness (QED) is 0.668. The SMILES string of the molecule is CCCS(=O)(=O)Nc1ccc(Oc2ccc(-n3cnc(C)c3C)nn2)cc1. The number of anilines is 1. The Morgan fingerprint density at radius 1 is 1.07 bits per heavy atom. The van der Waals surface area contributed by atoms with E-state index in [4.69, 9.17) is 4.74 Å². The number of nitrogens with one attached hydrogen (secondary N) is 1. The molecule has 9 heteroatoms. The lowest BCUT2D eigenvalue weighted by Crippen LogP contribution is -2.15. The van der Waals surface area contributed by atoms with E-state index < -0.39 is 10.0 Å². The van der Waals surface area contributed by atoms with Crippen molar-refractivity contribution in [3.8, 4) is 17.4 Å². The van der Waals surface area contributed by atoms with E-state index in [1.807, 2.05) is 25.3 Å². The van der Waals surface area contributed by atoms with Gasteiger partial charge in [0.2, 0.25) is 15.9 Å². The molecule has 0 bridgehead atoms. The maximum Gasteiger partial charge on any atom is 0.238 e. The van der Waals surface area contributed by atoms with Gasteiger partial charge in [0.1, 0.15) is 12.1 Å². The summed E-state index contributed by atoms with van der Waals surface area (Å²) < 4.78 is 33.6. The summed E-state index contributed by atoms with van der Waals surface area (Å²) in [6, 6.07) is 10.1. The zero-order valence-corrected chi connectivity index (χ0v) is 16.2. The molecular weight excluding hydrogens is 366 g/mol. The fourth-order valence-electron chi connectivity index (χ4n) is 2.44. The first-order chi connectivity index (χ1) is 12.9. The zero-order valence-electron chi connectivity index (χ0n) is 15.4. The molecule has 0 saturated heterocycles. The first-order valence-corrected chi connectivity index (χ1v) is 10.2. The molecule has 0 aliphatic heterocycles. The number of imidazole rings is 1. The first kappa shape index (κ1) is 18.8. The largest absolute Gasteiger partial charge is 0.438 e. The van der Waals surface area contributed by atoms with Crippen LogP contribution in [0.4, 0.5) is 5.69 Å². The van der Waals surface area contributed by atoms with Gasteiger partial charge in [0.05, 0.1) is 11.4 Å². The third-order valence-electron chi connectivity index (χ3n) is 3.95. The lowest BCUT2D eigenvalue weighted by molar-refractivity contribution is 0.454. The number of hydrogen-bond donors (Lipinski definition) is 1. The van der Waals surface area contributed by atoms with Gasteiger partial charge in [-0.15, -0.1) is 10.2 Å². The maximum atomic E-state index is 11.8. The predicted molar refractivity (Wildman–Crippen MR) is 103 cm³/mol. The first-order valence-electron chi connectivity index (χ1n) is 8.51. The van der Waals surface area contributed by atoms with Crippen LogP contribution in [-0.2, 0) is 10.0 Å². The Morgan fingerprint density at radius 2 is 1.81 bits per heavy atom. The minimum atomic E-state index is -3.31. The molecule has 0 radical (unpaired) electrons. The van der Waals surface area contributed by atoms with E-state index in [9.17, 15) is 8.42 Å². The molecule has 0 unspecified atom stereocenters. The van der Waals surface area contributed by atoms with Crippen molar-refractivity contribution in [1.29, 1.82) is 0 Å². The molecule has 1 N–H and O–H groups in total. The average Bonchev–Trinajstić information content (AvgIpc) is 2.96. The van der Waals surface area contributed by atoms with Gasteiger partial charge in [-0.1, -0.05) is 6.92 Å². The zero-order chi connectivity index (χ0) is 19.4. The fourth-order valence-corrected chi connectivity index (χ4v) is 3.57. The normalized spacial score (nSPS) is 11.4. The van der Waals surface area contributed by atoms with Gasteiger partial charge in [0.25, 0.3) is 0 Å². The van der Waals surface area contributed by atoms with Gasteiger partial charge < -0.3 is 4.74 Å². The second-order valence-corrected chi connectivity index (χ2v) is 7.90. The van der Waals surface area contributed by atoms with Crippen LogP contribution in [0.2, 0.25) is 0 Å². The topological polar surface area (TPSA) is 99.0 Å². The summed E-state index contributed by atoms with van der Waals surface area (Å²) in [5.41, 5.74) is 2.43. The summed E-state index contributed by atoms with van der Waals surface area (Å²) in [5.74, 6) is 1.61. The maximum absolute atomic E-state index is 11.8.